The molecule has 7 nitrogen and oxygen atoms in total. The molecule has 0 atom stereocenters. The second kappa shape index (κ2) is 6.97. The lowest BCUT2D eigenvalue weighted by molar-refractivity contribution is -0.366. The van der Waals surface area contributed by atoms with Crippen molar-refractivity contribution in [3.63, 3.8) is 0 Å². The van der Waals surface area contributed by atoms with Gasteiger partial charge < -0.3 is 5.32 Å². The number of anilines is 1. The molecule has 33 heavy (non-hydrogen) atoms. The van der Waals surface area contributed by atoms with Gasteiger partial charge in [0.25, 0.3) is 11.8 Å². The second-order valence-electron chi connectivity index (χ2n) is 9.29. The molecule has 3 fully saturated rings. The molecule has 2 aromatic rings. The van der Waals surface area contributed by atoms with Gasteiger partial charge in [-0.05, 0) is 43.7 Å². The molecule has 180 valence electrons. The Labute approximate surface area is 186 Å². The molecule has 2 bridgehead atoms. The molecule has 3 aliphatic rings. The Bertz CT molecular complexity index is 1230. The van der Waals surface area contributed by atoms with E-state index in [2.05, 4.69) is 15.4 Å². The van der Waals surface area contributed by atoms with Crippen LogP contribution in [0.1, 0.15) is 47.9 Å². The largest absolute Gasteiger partial charge is 0.394 e. The molecule has 3 saturated carbocycles. The molecule has 1 amide bonds. The van der Waals surface area contributed by atoms with Crippen LogP contribution in [-0.4, -0.2) is 41.5 Å². The van der Waals surface area contributed by atoms with Crippen LogP contribution in [0.25, 0.3) is 0 Å². The summed E-state index contributed by atoms with van der Waals surface area (Å²) in [5, 5.41) is 6.05. The van der Waals surface area contributed by atoms with E-state index >= 15 is 0 Å². The number of hydrogen-bond donors (Lipinski definition) is 1. The van der Waals surface area contributed by atoms with Crippen molar-refractivity contribution in [2.45, 2.75) is 56.8 Å². The number of amides is 1. The summed E-state index contributed by atoms with van der Waals surface area (Å²) in [6.45, 7) is 1.81. The molecular formula is C20H21F5N4O3S. The van der Waals surface area contributed by atoms with Gasteiger partial charge >= 0.3 is 6.18 Å². The quantitative estimate of drug-likeness (QED) is 0.614. The van der Waals surface area contributed by atoms with E-state index in [-0.39, 0.29) is 47.8 Å². The highest BCUT2D eigenvalue weighted by atomic mass is 32.2. The van der Waals surface area contributed by atoms with E-state index in [0.29, 0.717) is 6.92 Å². The van der Waals surface area contributed by atoms with Crippen molar-refractivity contribution < 1.29 is 35.2 Å². The van der Waals surface area contributed by atoms with Crippen molar-refractivity contribution in [3.05, 3.63) is 35.3 Å². The van der Waals surface area contributed by atoms with Crippen LogP contribution < -0.4 is 5.32 Å². The third-order valence-electron chi connectivity index (χ3n) is 6.42. The predicted octanol–water partition coefficient (Wildman–Crippen LogP) is 4.09. The Morgan fingerprint density at radius 3 is 2.33 bits per heavy atom. The van der Waals surface area contributed by atoms with Gasteiger partial charge in [0.1, 0.15) is 11.4 Å². The Hall–Kier alpha value is -2.57. The molecule has 2 aromatic heterocycles. The summed E-state index contributed by atoms with van der Waals surface area (Å²) in [6.07, 6.45) is -2.63. The average Bonchev–Trinajstić information content (AvgIpc) is 2.91. The SMILES string of the molecule is Cc1c(C(C)(F)F)nn(CC23CC(C(F)(F)F)(C2)C3)c1C(=O)Nc1ccnc(S(C)(=O)=O)c1. The highest BCUT2D eigenvalue weighted by molar-refractivity contribution is 7.90. The zero-order valence-electron chi connectivity index (χ0n) is 17.9. The molecule has 0 radical (unpaired) electrons. The minimum absolute atomic E-state index is 0.0638. The van der Waals surface area contributed by atoms with Crippen LogP contribution >= 0.6 is 0 Å². The average molecular weight is 492 g/mol. The molecule has 0 aliphatic heterocycles. The molecule has 5 rings (SSSR count). The van der Waals surface area contributed by atoms with Gasteiger partial charge in [0.15, 0.2) is 14.9 Å². The monoisotopic (exact) mass is 492 g/mol. The third kappa shape index (κ3) is 3.89. The summed E-state index contributed by atoms with van der Waals surface area (Å²) in [4.78, 5) is 16.7. The van der Waals surface area contributed by atoms with Crippen molar-refractivity contribution >= 4 is 21.4 Å². The molecular weight excluding hydrogens is 471 g/mol. The van der Waals surface area contributed by atoms with E-state index in [1.54, 1.807) is 0 Å². The van der Waals surface area contributed by atoms with Crippen molar-refractivity contribution in [1.82, 2.24) is 14.8 Å². The van der Waals surface area contributed by atoms with Crippen LogP contribution in [0.3, 0.4) is 0 Å². The van der Waals surface area contributed by atoms with Gasteiger partial charge in [0.05, 0.1) is 5.41 Å². The second-order valence-corrected chi connectivity index (χ2v) is 11.2. The number of sulfone groups is 1. The first-order valence-electron chi connectivity index (χ1n) is 9.96. The Kier molecular flexibility index (Phi) is 4.98. The number of hydrogen-bond acceptors (Lipinski definition) is 5. The molecule has 13 heteroatoms. The van der Waals surface area contributed by atoms with Crippen LogP contribution in [0.4, 0.5) is 27.6 Å². The van der Waals surface area contributed by atoms with Crippen LogP contribution in [0.5, 0.6) is 0 Å². The lowest BCUT2D eigenvalue weighted by Crippen LogP contribution is -2.69. The van der Waals surface area contributed by atoms with Gasteiger partial charge in [0.2, 0.25) is 0 Å². The summed E-state index contributed by atoms with van der Waals surface area (Å²) in [5.74, 6) is -4.21. The van der Waals surface area contributed by atoms with Crippen molar-refractivity contribution in [1.29, 1.82) is 0 Å². The summed E-state index contributed by atoms with van der Waals surface area (Å²) in [6, 6.07) is 2.44. The fraction of sp³-hybridized carbons (Fsp3) is 0.550. The molecule has 0 spiro atoms. The van der Waals surface area contributed by atoms with Gasteiger partial charge in [-0.2, -0.15) is 27.1 Å². The van der Waals surface area contributed by atoms with Gasteiger partial charge in [0, 0.05) is 37.2 Å². The number of nitrogens with zero attached hydrogens (tertiary/aromatic N) is 3. The van der Waals surface area contributed by atoms with Crippen LogP contribution in [-0.2, 0) is 22.3 Å². The topological polar surface area (TPSA) is 93.9 Å². The number of halogens is 5. The number of carbonyl (C=O) groups excluding carboxylic acids is 1. The standard InChI is InChI=1S/C20H21F5N4O3S/c1-11-14(16(30)27-12-4-5-26-13(6-12)33(3,31)32)29(28-15(11)17(2,21)22)10-18-7-19(8-18,9-18)20(23,24)25/h4-6H,7-10H2,1-3H3,(H,26,27,30). The van der Waals surface area contributed by atoms with Crippen molar-refractivity contribution in [3.8, 4) is 0 Å². The number of rotatable bonds is 6. The molecule has 0 aromatic carbocycles. The number of nitrogens with one attached hydrogen (secondary N) is 1. The van der Waals surface area contributed by atoms with Crippen LogP contribution in [0.2, 0.25) is 0 Å². The molecule has 1 N–H and O–H groups in total. The fourth-order valence-electron chi connectivity index (χ4n) is 5.03. The van der Waals surface area contributed by atoms with Crippen molar-refractivity contribution in [2.75, 3.05) is 11.6 Å². The molecule has 2 heterocycles. The Morgan fingerprint density at radius 2 is 1.82 bits per heavy atom. The highest BCUT2D eigenvalue weighted by Gasteiger charge is 2.78. The highest BCUT2D eigenvalue weighted by Crippen LogP contribution is 2.78. The molecule has 0 unspecified atom stereocenters. The number of pyridine rings is 1. The van der Waals surface area contributed by atoms with E-state index in [1.165, 1.54) is 19.2 Å². The lowest BCUT2D eigenvalue weighted by atomic mass is 9.35. The Morgan fingerprint density at radius 1 is 1.21 bits per heavy atom. The van der Waals surface area contributed by atoms with E-state index in [0.717, 1.165) is 17.0 Å². The van der Waals surface area contributed by atoms with Gasteiger partial charge in [-0.1, -0.05) is 0 Å². The lowest BCUT2D eigenvalue weighted by Gasteiger charge is -2.70. The van der Waals surface area contributed by atoms with Crippen LogP contribution in [0, 0.1) is 17.8 Å². The summed E-state index contributed by atoms with van der Waals surface area (Å²) >= 11 is 0. The summed E-state index contributed by atoms with van der Waals surface area (Å²) in [5.41, 5.74) is -3.37. The third-order valence-corrected chi connectivity index (χ3v) is 7.40. The number of aromatic nitrogens is 3. The van der Waals surface area contributed by atoms with Crippen LogP contribution in [0.15, 0.2) is 23.4 Å². The van der Waals surface area contributed by atoms with E-state index in [9.17, 15) is 35.2 Å². The maximum absolute atomic E-state index is 14.1. The van der Waals surface area contributed by atoms with E-state index < -0.39 is 44.4 Å². The molecule has 0 saturated heterocycles. The van der Waals surface area contributed by atoms with E-state index in [4.69, 9.17) is 0 Å². The maximum Gasteiger partial charge on any atom is 0.394 e. The number of alkyl halides is 5. The van der Waals surface area contributed by atoms with E-state index in [1.807, 2.05) is 0 Å². The normalized spacial score (nSPS) is 24.7. The Balaban J connectivity index is 1.64. The first kappa shape index (κ1) is 23.6. The molecule has 3 aliphatic carbocycles. The predicted molar refractivity (Wildman–Crippen MR) is 107 cm³/mol. The maximum atomic E-state index is 14.1. The van der Waals surface area contributed by atoms with Gasteiger partial charge in [-0.3, -0.25) is 9.48 Å². The first-order valence-corrected chi connectivity index (χ1v) is 11.9. The first-order chi connectivity index (χ1) is 15.0. The fourth-order valence-corrected chi connectivity index (χ4v) is 5.63. The minimum Gasteiger partial charge on any atom is -0.321 e. The van der Waals surface area contributed by atoms with Crippen molar-refractivity contribution in [2.24, 2.45) is 10.8 Å². The van der Waals surface area contributed by atoms with Gasteiger partial charge in [-0.25, -0.2) is 13.4 Å². The summed E-state index contributed by atoms with van der Waals surface area (Å²) in [7, 11) is -3.66. The zero-order valence-corrected chi connectivity index (χ0v) is 18.7. The number of carbonyl (C=O) groups is 1. The minimum atomic E-state index is -4.32. The zero-order chi connectivity index (χ0) is 24.6. The summed E-state index contributed by atoms with van der Waals surface area (Å²) < 4.78 is 92.2. The van der Waals surface area contributed by atoms with Gasteiger partial charge in [-0.15, -0.1) is 0 Å². The smallest absolute Gasteiger partial charge is 0.321 e.